The van der Waals surface area contributed by atoms with Crippen molar-refractivity contribution < 1.29 is 5.11 Å². The standard InChI is InChI=1S/C21H21NO/c1-22(2)20-13-12-18-14-16(10-11-19(18)15-20)6-5-8-17-7-3-4-9-21(17)23/h3-5,7-15,23H,6H2,1-2H3/b8-5+. The fraction of sp³-hybridized carbons (Fsp3) is 0.143. The molecule has 3 aromatic rings. The third-order valence-electron chi connectivity index (χ3n) is 3.99. The summed E-state index contributed by atoms with van der Waals surface area (Å²) in [5.41, 5.74) is 3.33. The van der Waals surface area contributed by atoms with Gasteiger partial charge in [0.25, 0.3) is 0 Å². The number of phenols is 1. The van der Waals surface area contributed by atoms with Crippen LogP contribution in [0.2, 0.25) is 0 Å². The van der Waals surface area contributed by atoms with Crippen LogP contribution in [0.4, 0.5) is 5.69 Å². The molecule has 0 heterocycles. The Morgan fingerprint density at radius 3 is 2.43 bits per heavy atom. The summed E-state index contributed by atoms with van der Waals surface area (Å²) in [5, 5.41) is 12.3. The molecule has 116 valence electrons. The summed E-state index contributed by atoms with van der Waals surface area (Å²) in [6, 6.07) is 20.5. The Morgan fingerprint density at radius 2 is 1.65 bits per heavy atom. The molecule has 0 bridgehead atoms. The maximum Gasteiger partial charge on any atom is 0.122 e. The minimum atomic E-state index is 0.318. The number of phenolic OH excluding ortho intramolecular Hbond substituents is 1. The van der Waals surface area contributed by atoms with Crippen molar-refractivity contribution in [2.75, 3.05) is 19.0 Å². The highest BCUT2D eigenvalue weighted by Gasteiger charge is 2.00. The van der Waals surface area contributed by atoms with Crippen molar-refractivity contribution in [1.29, 1.82) is 0 Å². The van der Waals surface area contributed by atoms with E-state index in [1.165, 1.54) is 22.0 Å². The minimum absolute atomic E-state index is 0.318. The van der Waals surface area contributed by atoms with Crippen molar-refractivity contribution in [1.82, 2.24) is 0 Å². The molecule has 0 radical (unpaired) electrons. The zero-order valence-electron chi connectivity index (χ0n) is 13.5. The highest BCUT2D eigenvalue weighted by atomic mass is 16.3. The number of rotatable bonds is 4. The molecule has 0 aliphatic rings. The molecule has 0 amide bonds. The van der Waals surface area contributed by atoms with Crippen molar-refractivity contribution in [3.05, 3.63) is 77.9 Å². The minimum Gasteiger partial charge on any atom is -0.507 e. The van der Waals surface area contributed by atoms with Crippen LogP contribution >= 0.6 is 0 Å². The van der Waals surface area contributed by atoms with E-state index < -0.39 is 0 Å². The summed E-state index contributed by atoms with van der Waals surface area (Å²) in [7, 11) is 4.11. The van der Waals surface area contributed by atoms with Crippen molar-refractivity contribution in [3.8, 4) is 5.75 Å². The molecule has 3 aromatic carbocycles. The average molecular weight is 303 g/mol. The Kier molecular flexibility index (Phi) is 4.33. The van der Waals surface area contributed by atoms with E-state index in [0.717, 1.165) is 12.0 Å². The van der Waals surface area contributed by atoms with E-state index in [1.54, 1.807) is 6.07 Å². The van der Waals surface area contributed by atoms with Crippen LogP contribution < -0.4 is 4.90 Å². The molecule has 0 unspecified atom stereocenters. The van der Waals surface area contributed by atoms with Crippen LogP contribution in [0.5, 0.6) is 5.75 Å². The molecule has 2 nitrogen and oxygen atoms in total. The Bertz CT molecular complexity index is 849. The summed E-state index contributed by atoms with van der Waals surface area (Å²) in [4.78, 5) is 2.11. The largest absolute Gasteiger partial charge is 0.507 e. The molecule has 0 saturated carbocycles. The van der Waals surface area contributed by atoms with E-state index in [4.69, 9.17) is 0 Å². The summed E-state index contributed by atoms with van der Waals surface area (Å²) in [6.07, 6.45) is 4.90. The Hall–Kier alpha value is -2.74. The third-order valence-corrected chi connectivity index (χ3v) is 3.99. The molecule has 0 spiro atoms. The quantitative estimate of drug-likeness (QED) is 0.743. The number of nitrogens with zero attached hydrogens (tertiary/aromatic N) is 1. The van der Waals surface area contributed by atoms with Crippen LogP contribution in [0.15, 0.2) is 66.7 Å². The van der Waals surface area contributed by atoms with Crippen molar-refractivity contribution in [3.63, 3.8) is 0 Å². The Balaban J connectivity index is 1.79. The number of allylic oxidation sites excluding steroid dienone is 1. The van der Waals surface area contributed by atoms with Crippen LogP contribution in [0, 0.1) is 0 Å². The van der Waals surface area contributed by atoms with E-state index in [0.29, 0.717) is 5.75 Å². The first-order valence-corrected chi connectivity index (χ1v) is 7.78. The van der Waals surface area contributed by atoms with Gasteiger partial charge in [0.15, 0.2) is 0 Å². The predicted molar refractivity (Wildman–Crippen MR) is 99.1 cm³/mol. The van der Waals surface area contributed by atoms with Gasteiger partial charge in [0.05, 0.1) is 0 Å². The molecule has 0 aromatic heterocycles. The van der Waals surface area contributed by atoms with E-state index in [2.05, 4.69) is 61.5 Å². The fourth-order valence-corrected chi connectivity index (χ4v) is 2.64. The smallest absolute Gasteiger partial charge is 0.122 e. The normalized spacial score (nSPS) is 11.2. The molecule has 2 heteroatoms. The highest BCUT2D eigenvalue weighted by Crippen LogP contribution is 2.23. The number of para-hydroxylation sites is 1. The number of fused-ring (bicyclic) bond motifs is 1. The first-order chi connectivity index (χ1) is 11.1. The third kappa shape index (κ3) is 3.54. The Morgan fingerprint density at radius 1 is 0.913 bits per heavy atom. The average Bonchev–Trinajstić information content (AvgIpc) is 2.56. The van der Waals surface area contributed by atoms with Crippen molar-refractivity contribution in [2.24, 2.45) is 0 Å². The molecule has 0 aliphatic heterocycles. The number of hydrogen-bond acceptors (Lipinski definition) is 2. The van der Waals surface area contributed by atoms with Crippen LogP contribution in [-0.4, -0.2) is 19.2 Å². The molecular formula is C21H21NO. The van der Waals surface area contributed by atoms with E-state index in [9.17, 15) is 5.11 Å². The van der Waals surface area contributed by atoms with Crippen molar-refractivity contribution >= 4 is 22.5 Å². The number of anilines is 1. The first kappa shape index (κ1) is 15.2. The number of benzene rings is 3. The van der Waals surface area contributed by atoms with Gasteiger partial charge in [-0.3, -0.25) is 0 Å². The lowest BCUT2D eigenvalue weighted by molar-refractivity contribution is 0.474. The van der Waals surface area contributed by atoms with Gasteiger partial charge in [0, 0.05) is 25.3 Å². The molecular weight excluding hydrogens is 282 g/mol. The Labute approximate surface area is 137 Å². The van der Waals surface area contributed by atoms with Crippen LogP contribution in [-0.2, 0) is 6.42 Å². The van der Waals surface area contributed by atoms with Gasteiger partial charge >= 0.3 is 0 Å². The second-order valence-electron chi connectivity index (χ2n) is 5.93. The van der Waals surface area contributed by atoms with Crippen LogP contribution in [0.25, 0.3) is 16.8 Å². The monoisotopic (exact) mass is 303 g/mol. The highest BCUT2D eigenvalue weighted by molar-refractivity contribution is 5.86. The summed E-state index contributed by atoms with van der Waals surface area (Å²) < 4.78 is 0. The van der Waals surface area contributed by atoms with Gasteiger partial charge in [-0.25, -0.2) is 0 Å². The zero-order chi connectivity index (χ0) is 16.2. The van der Waals surface area contributed by atoms with Crippen LogP contribution in [0.1, 0.15) is 11.1 Å². The predicted octanol–water partition coefficient (Wildman–Crippen LogP) is 4.87. The zero-order valence-corrected chi connectivity index (χ0v) is 13.5. The van der Waals surface area contributed by atoms with Gasteiger partial charge in [-0.1, -0.05) is 54.6 Å². The van der Waals surface area contributed by atoms with E-state index >= 15 is 0 Å². The second kappa shape index (κ2) is 6.57. The summed E-state index contributed by atoms with van der Waals surface area (Å²) in [6.45, 7) is 0. The van der Waals surface area contributed by atoms with Gasteiger partial charge in [-0.15, -0.1) is 0 Å². The van der Waals surface area contributed by atoms with Crippen LogP contribution in [0.3, 0.4) is 0 Å². The van der Waals surface area contributed by atoms with Gasteiger partial charge in [-0.2, -0.15) is 0 Å². The summed E-state index contributed by atoms with van der Waals surface area (Å²) in [5.74, 6) is 0.318. The number of aromatic hydroxyl groups is 1. The topological polar surface area (TPSA) is 23.5 Å². The maximum atomic E-state index is 9.76. The molecule has 0 fully saturated rings. The maximum absolute atomic E-state index is 9.76. The number of hydrogen-bond donors (Lipinski definition) is 1. The molecule has 0 saturated heterocycles. The van der Waals surface area contributed by atoms with Gasteiger partial charge in [0.2, 0.25) is 0 Å². The lowest BCUT2D eigenvalue weighted by Gasteiger charge is -2.13. The first-order valence-electron chi connectivity index (χ1n) is 7.78. The van der Waals surface area contributed by atoms with Gasteiger partial charge < -0.3 is 10.0 Å². The lowest BCUT2D eigenvalue weighted by Crippen LogP contribution is -2.07. The van der Waals surface area contributed by atoms with E-state index in [1.807, 2.05) is 24.3 Å². The fourth-order valence-electron chi connectivity index (χ4n) is 2.64. The van der Waals surface area contributed by atoms with Gasteiger partial charge in [0.1, 0.15) is 5.75 Å². The molecule has 0 aliphatic carbocycles. The lowest BCUT2D eigenvalue weighted by atomic mass is 10.0. The van der Waals surface area contributed by atoms with Crippen molar-refractivity contribution in [2.45, 2.75) is 6.42 Å². The molecule has 3 rings (SSSR count). The molecule has 0 atom stereocenters. The SMILES string of the molecule is CN(C)c1ccc2cc(C/C=C/c3ccccc3O)ccc2c1. The van der Waals surface area contributed by atoms with Gasteiger partial charge in [-0.05, 0) is 41.0 Å². The van der Waals surface area contributed by atoms with E-state index in [-0.39, 0.29) is 0 Å². The second-order valence-corrected chi connectivity index (χ2v) is 5.93. The summed E-state index contributed by atoms with van der Waals surface area (Å²) >= 11 is 0. The molecule has 1 N–H and O–H groups in total. The molecule has 23 heavy (non-hydrogen) atoms.